The number of carbonyl (C=O) groups is 1. The average molecular weight is 201 g/mol. The van der Waals surface area contributed by atoms with Crippen molar-refractivity contribution in [2.75, 3.05) is 21.1 Å². The fourth-order valence-electron chi connectivity index (χ4n) is 0.843. The smallest absolute Gasteiger partial charge is 0.366 e. The van der Waals surface area contributed by atoms with Crippen molar-refractivity contribution in [3.8, 4) is 6.07 Å². The van der Waals surface area contributed by atoms with Gasteiger partial charge < -0.3 is 5.11 Å². The second-order valence-corrected chi connectivity index (χ2v) is 3.91. The Morgan fingerprint density at radius 1 is 1.57 bits per heavy atom. The van der Waals surface area contributed by atoms with Gasteiger partial charge in [-0.3, -0.25) is 4.84 Å². The van der Waals surface area contributed by atoms with Crippen LogP contribution < -0.4 is 0 Å². The molecule has 0 amide bonds. The van der Waals surface area contributed by atoms with Gasteiger partial charge in [-0.1, -0.05) is 0 Å². The maximum Gasteiger partial charge on any atom is 0.366 e. The lowest BCUT2D eigenvalue weighted by molar-refractivity contribution is -1.04. The van der Waals surface area contributed by atoms with E-state index < -0.39 is 6.10 Å². The van der Waals surface area contributed by atoms with Crippen LogP contribution in [0.5, 0.6) is 0 Å². The van der Waals surface area contributed by atoms with E-state index >= 15 is 0 Å². The lowest BCUT2D eigenvalue weighted by Crippen LogP contribution is -2.37. The second-order valence-electron chi connectivity index (χ2n) is 3.91. The summed E-state index contributed by atoms with van der Waals surface area (Å²) >= 11 is 0. The lowest BCUT2D eigenvalue weighted by Gasteiger charge is -2.20. The Morgan fingerprint density at radius 2 is 2.14 bits per heavy atom. The first-order valence-corrected chi connectivity index (χ1v) is 4.44. The Kier molecular flexibility index (Phi) is 5.13. The predicted octanol–water partition coefficient (Wildman–Crippen LogP) is 0.206. The van der Waals surface area contributed by atoms with Gasteiger partial charge in [-0.15, -0.1) is 4.65 Å². The van der Waals surface area contributed by atoms with Gasteiger partial charge in [-0.2, -0.15) is 5.26 Å². The van der Waals surface area contributed by atoms with E-state index in [1.165, 1.54) is 0 Å². The summed E-state index contributed by atoms with van der Waals surface area (Å²) in [7, 11) is 5.18. The number of hydrogen-bond acceptors (Lipinski definition) is 4. The molecule has 0 saturated carbocycles. The molecule has 1 N–H and O–H groups in total. The van der Waals surface area contributed by atoms with E-state index in [1.54, 1.807) is 21.1 Å². The van der Waals surface area contributed by atoms with Gasteiger partial charge in [-0.25, -0.2) is 4.79 Å². The summed E-state index contributed by atoms with van der Waals surface area (Å²) in [6.45, 7) is 0. The zero-order valence-electron chi connectivity index (χ0n) is 8.86. The van der Waals surface area contributed by atoms with Crippen molar-refractivity contribution in [3.05, 3.63) is 0 Å². The molecule has 0 aliphatic carbocycles. The summed E-state index contributed by atoms with van der Waals surface area (Å²) in [6.07, 6.45) is -0.275. The maximum atomic E-state index is 11.1. The van der Waals surface area contributed by atoms with Crippen molar-refractivity contribution in [1.29, 1.82) is 5.26 Å². The highest BCUT2D eigenvalue weighted by atomic mass is 16.7. The molecule has 1 unspecified atom stereocenters. The van der Waals surface area contributed by atoms with Gasteiger partial charge in [0.2, 0.25) is 0 Å². The van der Waals surface area contributed by atoms with Crippen molar-refractivity contribution >= 4 is 5.97 Å². The SMILES string of the molecule is C[N+](C)(C)OC(=O)CCC(O)CC#N. The number of nitriles is 1. The van der Waals surface area contributed by atoms with E-state index in [-0.39, 0.29) is 29.9 Å². The van der Waals surface area contributed by atoms with E-state index in [4.69, 9.17) is 15.2 Å². The maximum absolute atomic E-state index is 11.1. The standard InChI is InChI=1S/C9H17N2O3/c1-11(2,3)14-9(13)5-4-8(12)6-7-10/h8,12H,4-6H2,1-3H3/q+1. The third-order valence-electron chi connectivity index (χ3n) is 1.38. The molecule has 0 aliphatic heterocycles. The number of carbonyl (C=O) groups excluding carboxylic acids is 1. The monoisotopic (exact) mass is 201 g/mol. The van der Waals surface area contributed by atoms with Crippen LogP contribution in [0.25, 0.3) is 0 Å². The molecule has 5 heteroatoms. The molecule has 80 valence electrons. The van der Waals surface area contributed by atoms with Crippen molar-refractivity contribution in [3.63, 3.8) is 0 Å². The van der Waals surface area contributed by atoms with Crippen LogP contribution in [0.2, 0.25) is 0 Å². The third-order valence-corrected chi connectivity index (χ3v) is 1.38. The molecule has 0 aromatic rings. The number of hydroxylamine groups is 3. The number of aliphatic hydroxyl groups is 1. The van der Waals surface area contributed by atoms with E-state index in [9.17, 15) is 4.79 Å². The summed E-state index contributed by atoms with van der Waals surface area (Å²) in [5.74, 6) is -0.366. The van der Waals surface area contributed by atoms with E-state index in [0.29, 0.717) is 0 Å². The Morgan fingerprint density at radius 3 is 2.57 bits per heavy atom. The molecule has 5 nitrogen and oxygen atoms in total. The quantitative estimate of drug-likeness (QED) is 0.509. The van der Waals surface area contributed by atoms with E-state index in [1.807, 2.05) is 6.07 Å². The van der Waals surface area contributed by atoms with Crippen molar-refractivity contribution in [2.45, 2.75) is 25.4 Å². The van der Waals surface area contributed by atoms with Gasteiger partial charge in [-0.05, 0) is 6.42 Å². The normalized spacial score (nSPS) is 13.1. The molecule has 0 aliphatic rings. The van der Waals surface area contributed by atoms with Crippen LogP contribution in [-0.4, -0.2) is 43.0 Å². The fourth-order valence-corrected chi connectivity index (χ4v) is 0.843. The summed E-state index contributed by atoms with van der Waals surface area (Å²) in [5.41, 5.74) is 0. The summed E-state index contributed by atoms with van der Waals surface area (Å²) in [5, 5.41) is 17.4. The summed E-state index contributed by atoms with van der Waals surface area (Å²) < 4.78 is 0.104. The minimum atomic E-state index is -0.736. The Bertz CT molecular complexity index is 227. The Balaban J connectivity index is 3.71. The third kappa shape index (κ3) is 7.53. The van der Waals surface area contributed by atoms with Crippen LogP contribution in [0, 0.1) is 11.3 Å². The topological polar surface area (TPSA) is 70.3 Å². The van der Waals surface area contributed by atoms with Crippen molar-refractivity contribution in [1.82, 2.24) is 0 Å². The molecule has 0 fully saturated rings. The highest BCUT2D eigenvalue weighted by Gasteiger charge is 2.16. The first-order chi connectivity index (χ1) is 6.35. The first-order valence-electron chi connectivity index (χ1n) is 4.44. The van der Waals surface area contributed by atoms with Crippen LogP contribution in [0.3, 0.4) is 0 Å². The van der Waals surface area contributed by atoms with Crippen LogP contribution in [-0.2, 0) is 9.63 Å². The first kappa shape index (κ1) is 12.9. The minimum absolute atomic E-state index is 0.0532. The van der Waals surface area contributed by atoms with Crippen LogP contribution >= 0.6 is 0 Å². The summed E-state index contributed by atoms with van der Waals surface area (Å²) in [6, 6.07) is 1.83. The van der Waals surface area contributed by atoms with Crippen LogP contribution in [0.4, 0.5) is 0 Å². The number of quaternary nitrogens is 1. The molecular formula is C9H17N2O3+. The van der Waals surface area contributed by atoms with Gasteiger partial charge in [0.25, 0.3) is 0 Å². The van der Waals surface area contributed by atoms with Crippen molar-refractivity contribution in [2.24, 2.45) is 0 Å². The lowest BCUT2D eigenvalue weighted by atomic mass is 10.1. The summed E-state index contributed by atoms with van der Waals surface area (Å²) in [4.78, 5) is 16.1. The predicted molar refractivity (Wildman–Crippen MR) is 49.6 cm³/mol. The zero-order chi connectivity index (χ0) is 11.2. The molecule has 0 heterocycles. The van der Waals surface area contributed by atoms with Gasteiger partial charge in [0.05, 0.1) is 25.0 Å². The van der Waals surface area contributed by atoms with Gasteiger partial charge in [0, 0.05) is 0 Å². The van der Waals surface area contributed by atoms with Gasteiger partial charge in [0.1, 0.15) is 21.1 Å². The molecule has 0 saturated heterocycles. The highest BCUT2D eigenvalue weighted by Crippen LogP contribution is 2.04. The minimum Gasteiger partial charge on any atom is -0.392 e. The Labute approximate surface area is 84.0 Å². The molecule has 0 aromatic heterocycles. The van der Waals surface area contributed by atoms with Crippen LogP contribution in [0.15, 0.2) is 0 Å². The number of aliphatic hydroxyl groups excluding tert-OH is 1. The number of nitrogens with zero attached hydrogens (tertiary/aromatic N) is 2. The molecule has 14 heavy (non-hydrogen) atoms. The molecule has 1 atom stereocenters. The van der Waals surface area contributed by atoms with E-state index in [2.05, 4.69) is 0 Å². The van der Waals surface area contributed by atoms with Crippen LogP contribution in [0.1, 0.15) is 19.3 Å². The number of rotatable bonds is 5. The van der Waals surface area contributed by atoms with Gasteiger partial charge >= 0.3 is 5.97 Å². The molecular weight excluding hydrogens is 184 g/mol. The molecule has 0 radical (unpaired) electrons. The Hall–Kier alpha value is -1.12. The molecule has 0 aromatic carbocycles. The van der Waals surface area contributed by atoms with E-state index in [0.717, 1.165) is 0 Å². The average Bonchev–Trinajstić information content (AvgIpc) is 1.98. The second kappa shape index (κ2) is 5.58. The number of hydrogen-bond donors (Lipinski definition) is 1. The highest BCUT2D eigenvalue weighted by molar-refractivity contribution is 5.68. The van der Waals surface area contributed by atoms with Gasteiger partial charge in [0.15, 0.2) is 0 Å². The molecule has 0 rings (SSSR count). The zero-order valence-corrected chi connectivity index (χ0v) is 8.86. The molecule has 0 bridgehead atoms. The fraction of sp³-hybridized carbons (Fsp3) is 0.778. The van der Waals surface area contributed by atoms with Crippen molar-refractivity contribution < 1.29 is 19.4 Å². The largest absolute Gasteiger partial charge is 0.392 e. The molecule has 0 spiro atoms.